The van der Waals surface area contributed by atoms with Gasteiger partial charge in [0.1, 0.15) is 5.82 Å². The summed E-state index contributed by atoms with van der Waals surface area (Å²) in [6, 6.07) is 6.71. The second-order valence-electron chi connectivity index (χ2n) is 6.39. The summed E-state index contributed by atoms with van der Waals surface area (Å²) in [7, 11) is -2.85. The quantitative estimate of drug-likeness (QED) is 0.827. The lowest BCUT2D eigenvalue weighted by Gasteiger charge is -2.31. The molecule has 0 amide bonds. The van der Waals surface area contributed by atoms with Crippen LogP contribution in [0.25, 0.3) is 0 Å². The van der Waals surface area contributed by atoms with Crippen LogP contribution in [-0.4, -0.2) is 40.2 Å². The first-order chi connectivity index (χ1) is 12.3. The Kier molecular flexibility index (Phi) is 5.36. The van der Waals surface area contributed by atoms with Crippen LogP contribution >= 0.6 is 11.6 Å². The maximum Gasteiger partial charge on any atom is 0.222 e. The van der Waals surface area contributed by atoms with Crippen molar-refractivity contribution >= 4 is 33.1 Å². The van der Waals surface area contributed by atoms with Crippen molar-refractivity contribution in [3.8, 4) is 0 Å². The molecule has 1 aromatic carbocycles. The van der Waals surface area contributed by atoms with Crippen LogP contribution in [-0.2, 0) is 14.5 Å². The predicted molar refractivity (Wildman–Crippen MR) is 103 cm³/mol. The first-order valence-corrected chi connectivity index (χ1v) is 10.6. The summed E-state index contributed by atoms with van der Waals surface area (Å²) in [6.45, 7) is 3.62. The number of hydrogen-bond donors (Lipinski definition) is 2. The molecule has 1 aliphatic rings. The topological polar surface area (TPSA) is 105 Å². The van der Waals surface area contributed by atoms with E-state index < -0.39 is 9.73 Å². The van der Waals surface area contributed by atoms with Crippen LogP contribution in [0.5, 0.6) is 0 Å². The number of anilines is 2. The lowest BCUT2D eigenvalue weighted by molar-refractivity contribution is 0.134. The molecule has 0 unspecified atom stereocenters. The van der Waals surface area contributed by atoms with Gasteiger partial charge in [0.05, 0.1) is 22.4 Å². The Morgan fingerprint density at radius 1 is 1.38 bits per heavy atom. The zero-order valence-corrected chi connectivity index (χ0v) is 16.3. The van der Waals surface area contributed by atoms with E-state index >= 15 is 0 Å². The van der Waals surface area contributed by atoms with Crippen molar-refractivity contribution in [3.63, 3.8) is 0 Å². The maximum absolute atomic E-state index is 12.2. The van der Waals surface area contributed by atoms with Crippen molar-refractivity contribution in [1.82, 2.24) is 9.97 Å². The average Bonchev–Trinajstić information content (AvgIpc) is 2.79. The summed E-state index contributed by atoms with van der Waals surface area (Å²) >= 11 is 6.45. The molecule has 0 aliphatic carbocycles. The molecular formula is C17H22ClN5O2S. The van der Waals surface area contributed by atoms with Crippen molar-refractivity contribution in [3.05, 3.63) is 40.5 Å². The summed E-state index contributed by atoms with van der Waals surface area (Å²) in [5.74, 6) is 0.918. The Hall–Kier alpha value is -1.90. The van der Waals surface area contributed by atoms with Gasteiger partial charge in [-0.2, -0.15) is 4.98 Å². The fraction of sp³-hybridized carbons (Fsp3) is 0.412. The lowest BCUT2D eigenvalue weighted by Crippen LogP contribution is -2.32. The highest BCUT2D eigenvalue weighted by atomic mass is 35.5. The van der Waals surface area contributed by atoms with Crippen LogP contribution in [0.1, 0.15) is 23.7 Å². The molecule has 1 fully saturated rings. The van der Waals surface area contributed by atoms with Gasteiger partial charge in [-0.25, -0.2) is 14.0 Å². The van der Waals surface area contributed by atoms with Gasteiger partial charge in [-0.1, -0.05) is 11.6 Å². The van der Waals surface area contributed by atoms with Crippen LogP contribution in [0.2, 0.25) is 5.02 Å². The maximum atomic E-state index is 12.2. The van der Waals surface area contributed by atoms with Gasteiger partial charge >= 0.3 is 0 Å². The van der Waals surface area contributed by atoms with Gasteiger partial charge in [0.2, 0.25) is 5.95 Å². The molecule has 26 heavy (non-hydrogen) atoms. The first kappa shape index (κ1) is 18.9. The highest BCUT2D eigenvalue weighted by Gasteiger charge is 2.27. The van der Waals surface area contributed by atoms with Gasteiger partial charge in [-0.15, -0.1) is 0 Å². The number of nitrogens with one attached hydrogen (secondary N) is 1. The summed E-state index contributed by atoms with van der Waals surface area (Å²) in [6.07, 6.45) is 2.23. The fourth-order valence-corrected chi connectivity index (χ4v) is 3.97. The molecule has 1 aromatic heterocycles. The Morgan fingerprint density at radius 2 is 2.15 bits per heavy atom. The Morgan fingerprint density at radius 3 is 2.85 bits per heavy atom. The van der Waals surface area contributed by atoms with Crippen LogP contribution in [0.4, 0.5) is 11.8 Å². The molecule has 0 saturated carbocycles. The number of aryl methyl sites for hydroxylation is 1. The third-order valence-electron chi connectivity index (χ3n) is 4.27. The van der Waals surface area contributed by atoms with E-state index in [0.717, 1.165) is 17.7 Å². The van der Waals surface area contributed by atoms with Gasteiger partial charge in [-0.05, 0) is 37.1 Å². The highest BCUT2D eigenvalue weighted by molar-refractivity contribution is 7.91. The Bertz CT molecular complexity index is 899. The molecule has 0 radical (unpaired) electrons. The number of nitrogens with two attached hydrogens (primary N) is 1. The number of ether oxygens (including phenoxy) is 1. The average molecular weight is 396 g/mol. The minimum atomic E-state index is -2.85. The molecule has 1 aliphatic heterocycles. The summed E-state index contributed by atoms with van der Waals surface area (Å²) in [5, 5.41) is 0.539. The largest absolute Gasteiger partial charge is 0.379 e. The standard InChI is InChI=1S/C17H22ClN5O2S/c1-11-8-16(22-17(19)21-11)23-6-3-7-25-10-15(23)13-9-12(26(2,20)24)4-5-14(13)18/h4-5,8-9,15,20H,3,6-7,10H2,1-2H3,(H2,19,21,22)/t15-,26+/m1/s1. The second kappa shape index (κ2) is 7.38. The number of benzene rings is 1. The van der Waals surface area contributed by atoms with Crippen LogP contribution in [0.15, 0.2) is 29.2 Å². The Balaban J connectivity index is 2.10. The predicted octanol–water partition coefficient (Wildman–Crippen LogP) is 3.02. The van der Waals surface area contributed by atoms with Crippen LogP contribution in [0, 0.1) is 11.7 Å². The zero-order chi connectivity index (χ0) is 18.9. The monoisotopic (exact) mass is 395 g/mol. The van der Waals surface area contributed by atoms with E-state index in [9.17, 15) is 4.21 Å². The number of aromatic nitrogens is 2. The van der Waals surface area contributed by atoms with E-state index in [1.54, 1.807) is 18.2 Å². The molecular weight excluding hydrogens is 374 g/mol. The molecule has 0 spiro atoms. The number of nitrogens with zero attached hydrogens (tertiary/aromatic N) is 3. The van der Waals surface area contributed by atoms with Gasteiger partial charge < -0.3 is 15.4 Å². The van der Waals surface area contributed by atoms with E-state index in [0.29, 0.717) is 35.5 Å². The molecule has 7 nitrogen and oxygen atoms in total. The first-order valence-electron chi connectivity index (χ1n) is 8.24. The van der Waals surface area contributed by atoms with Gasteiger partial charge in [0, 0.05) is 41.1 Å². The summed E-state index contributed by atoms with van der Waals surface area (Å²) < 4.78 is 25.8. The zero-order valence-electron chi connectivity index (χ0n) is 14.7. The Labute approximate surface area is 158 Å². The molecule has 3 N–H and O–H groups in total. The number of hydrogen-bond acceptors (Lipinski definition) is 7. The molecule has 3 rings (SSSR count). The minimum Gasteiger partial charge on any atom is -0.379 e. The van der Waals surface area contributed by atoms with Crippen molar-refractivity contribution in [2.75, 3.05) is 36.6 Å². The fourth-order valence-electron chi connectivity index (χ4n) is 3.05. The SMILES string of the molecule is Cc1cc(N2CCCOC[C@@H]2c2cc([S@@](C)(=N)=O)ccc2Cl)nc(N)n1. The highest BCUT2D eigenvalue weighted by Crippen LogP contribution is 2.34. The number of halogens is 1. The van der Waals surface area contributed by atoms with Gasteiger partial charge in [0.25, 0.3) is 0 Å². The van der Waals surface area contributed by atoms with E-state index in [1.165, 1.54) is 6.26 Å². The van der Waals surface area contributed by atoms with Gasteiger partial charge in [-0.3, -0.25) is 0 Å². The van der Waals surface area contributed by atoms with E-state index in [-0.39, 0.29) is 12.0 Å². The van der Waals surface area contributed by atoms with E-state index in [2.05, 4.69) is 14.9 Å². The van der Waals surface area contributed by atoms with Crippen LogP contribution < -0.4 is 10.6 Å². The number of rotatable bonds is 3. The van der Waals surface area contributed by atoms with Crippen molar-refractivity contribution in [1.29, 1.82) is 4.78 Å². The van der Waals surface area contributed by atoms with Crippen LogP contribution in [0.3, 0.4) is 0 Å². The van der Waals surface area contributed by atoms with Crippen molar-refractivity contribution < 1.29 is 8.95 Å². The molecule has 1 saturated heterocycles. The summed E-state index contributed by atoms with van der Waals surface area (Å²) in [4.78, 5) is 11.0. The van der Waals surface area contributed by atoms with Crippen molar-refractivity contribution in [2.24, 2.45) is 0 Å². The summed E-state index contributed by atoms with van der Waals surface area (Å²) in [5.41, 5.74) is 7.37. The molecule has 2 aromatic rings. The third-order valence-corrected chi connectivity index (χ3v) is 5.77. The third kappa shape index (κ3) is 4.08. The molecule has 2 atom stereocenters. The molecule has 140 valence electrons. The molecule has 2 heterocycles. The number of nitrogen functional groups attached to an aromatic ring is 1. The van der Waals surface area contributed by atoms with E-state index in [1.807, 2.05) is 13.0 Å². The molecule has 0 bridgehead atoms. The normalized spacial score (nSPS) is 20.4. The molecule has 9 heteroatoms. The smallest absolute Gasteiger partial charge is 0.222 e. The van der Waals surface area contributed by atoms with Crippen molar-refractivity contribution in [2.45, 2.75) is 24.3 Å². The van der Waals surface area contributed by atoms with E-state index in [4.69, 9.17) is 26.9 Å². The second-order valence-corrected chi connectivity index (χ2v) is 8.96. The lowest BCUT2D eigenvalue weighted by atomic mass is 10.1. The minimum absolute atomic E-state index is 0.214. The van der Waals surface area contributed by atoms with Gasteiger partial charge in [0.15, 0.2) is 0 Å².